The van der Waals surface area contributed by atoms with E-state index in [1.165, 1.54) is 33.0 Å². The molecule has 0 saturated heterocycles. The van der Waals surface area contributed by atoms with Crippen LogP contribution < -0.4 is 4.90 Å². The smallest absolute Gasteiger partial charge is 0.160 e. The van der Waals surface area contributed by atoms with Crippen molar-refractivity contribution in [2.24, 2.45) is 0 Å². The molecule has 0 N–H and O–H groups in total. The monoisotopic (exact) mass is 842 g/mol. The first-order chi connectivity index (χ1) is 32.7. The van der Waals surface area contributed by atoms with Crippen molar-refractivity contribution >= 4 is 49.8 Å². The summed E-state index contributed by atoms with van der Waals surface area (Å²) in [6, 6.07) is 90.6. The van der Waals surface area contributed by atoms with Crippen LogP contribution in [0, 0.1) is 0 Å². The molecular weight excluding hydrogens is 801 g/mol. The Morgan fingerprint density at radius 2 is 0.773 bits per heavy atom. The molecule has 310 valence electrons. The lowest BCUT2D eigenvalue weighted by Crippen LogP contribution is -2.10. The van der Waals surface area contributed by atoms with Gasteiger partial charge in [0, 0.05) is 50.0 Å². The van der Waals surface area contributed by atoms with Crippen molar-refractivity contribution in [2.45, 2.75) is 0 Å². The molecule has 0 atom stereocenters. The molecule has 0 amide bonds. The Morgan fingerprint density at radius 1 is 0.288 bits per heavy atom. The molecule has 12 aromatic rings. The van der Waals surface area contributed by atoms with E-state index in [0.29, 0.717) is 5.82 Å². The minimum atomic E-state index is 0.712. The van der Waals surface area contributed by atoms with Crippen molar-refractivity contribution in [1.29, 1.82) is 0 Å². The highest BCUT2D eigenvalue weighted by molar-refractivity contribution is 6.10. The fraction of sp³-hybridized carbons (Fsp3) is 0. The average Bonchev–Trinajstić information content (AvgIpc) is 3.73. The summed E-state index contributed by atoms with van der Waals surface area (Å²) in [4.78, 5) is 12.5. The maximum absolute atomic E-state index is 5.12. The summed E-state index contributed by atoms with van der Waals surface area (Å²) in [5.74, 6) is 0.712. The average molecular weight is 843 g/mol. The third kappa shape index (κ3) is 7.17. The van der Waals surface area contributed by atoms with Crippen molar-refractivity contribution in [2.75, 3.05) is 4.90 Å². The summed E-state index contributed by atoms with van der Waals surface area (Å²) in [5.41, 5.74) is 17.6. The molecule has 0 spiro atoms. The molecule has 66 heavy (non-hydrogen) atoms. The van der Waals surface area contributed by atoms with Gasteiger partial charge in [0.1, 0.15) is 0 Å². The molecule has 0 fully saturated rings. The van der Waals surface area contributed by atoms with Crippen molar-refractivity contribution in [1.82, 2.24) is 14.5 Å². The van der Waals surface area contributed by atoms with E-state index in [1.54, 1.807) is 0 Å². The van der Waals surface area contributed by atoms with E-state index in [2.05, 4.69) is 246 Å². The lowest BCUT2D eigenvalue weighted by molar-refractivity contribution is 1.17. The van der Waals surface area contributed by atoms with Crippen LogP contribution in [0.2, 0.25) is 0 Å². The number of hydrogen-bond donors (Lipinski definition) is 0. The number of hydrogen-bond acceptors (Lipinski definition) is 3. The second-order valence-electron chi connectivity index (χ2n) is 16.6. The molecule has 2 heterocycles. The van der Waals surface area contributed by atoms with Gasteiger partial charge in [0.2, 0.25) is 0 Å². The fourth-order valence-corrected chi connectivity index (χ4v) is 9.35. The van der Waals surface area contributed by atoms with Gasteiger partial charge in [-0.15, -0.1) is 0 Å². The van der Waals surface area contributed by atoms with Gasteiger partial charge in [-0.2, -0.15) is 0 Å². The van der Waals surface area contributed by atoms with E-state index >= 15 is 0 Å². The normalized spacial score (nSPS) is 11.3. The molecular formula is C62H42N4. The number of nitrogens with zero attached hydrogens (tertiary/aromatic N) is 4. The highest BCUT2D eigenvalue weighted by Gasteiger charge is 2.18. The molecule has 0 aliphatic carbocycles. The van der Waals surface area contributed by atoms with E-state index < -0.39 is 0 Å². The molecule has 4 heteroatoms. The highest BCUT2D eigenvalue weighted by Crippen LogP contribution is 2.40. The zero-order chi connectivity index (χ0) is 43.8. The summed E-state index contributed by atoms with van der Waals surface area (Å²) >= 11 is 0. The van der Waals surface area contributed by atoms with Crippen LogP contribution in [-0.4, -0.2) is 14.5 Å². The number of aromatic nitrogens is 3. The van der Waals surface area contributed by atoms with Gasteiger partial charge in [-0.25, -0.2) is 9.97 Å². The number of fused-ring (bicyclic) bond motifs is 4. The second kappa shape index (κ2) is 16.7. The van der Waals surface area contributed by atoms with Gasteiger partial charge in [0.05, 0.1) is 22.2 Å². The Morgan fingerprint density at radius 3 is 1.47 bits per heavy atom. The van der Waals surface area contributed by atoms with E-state index in [0.717, 1.165) is 72.6 Å². The number of rotatable bonds is 9. The molecule has 4 nitrogen and oxygen atoms in total. The van der Waals surface area contributed by atoms with Gasteiger partial charge in [0.25, 0.3) is 0 Å². The standard InChI is InChI=1S/C62H42N4/c1-4-15-43(16-5-1)44-27-29-45(30-28-44)46-35-38-52(39-36-46)65(51-19-8-3-9-20-51)53-21-14-22-54(42-53)66-59-26-13-11-23-55(59)56-40-37-50(41-60(56)66)47-31-33-49(34-32-47)62-63-58-25-12-10-24-57(58)61(64-62)48-17-6-2-7-18-48/h1-42H. The lowest BCUT2D eigenvalue weighted by Gasteiger charge is -2.26. The van der Waals surface area contributed by atoms with Gasteiger partial charge in [-0.05, 0) is 94.0 Å². The zero-order valence-corrected chi connectivity index (χ0v) is 36.0. The van der Waals surface area contributed by atoms with E-state index in [9.17, 15) is 0 Å². The van der Waals surface area contributed by atoms with Crippen molar-refractivity contribution in [3.63, 3.8) is 0 Å². The summed E-state index contributed by atoms with van der Waals surface area (Å²) < 4.78 is 2.41. The molecule has 0 saturated carbocycles. The van der Waals surface area contributed by atoms with Crippen LogP contribution in [0.1, 0.15) is 0 Å². The zero-order valence-electron chi connectivity index (χ0n) is 36.0. The van der Waals surface area contributed by atoms with Gasteiger partial charge in [-0.3, -0.25) is 0 Å². The first-order valence-electron chi connectivity index (χ1n) is 22.4. The largest absolute Gasteiger partial charge is 0.310 e. The van der Waals surface area contributed by atoms with Crippen LogP contribution in [0.25, 0.3) is 94.4 Å². The maximum atomic E-state index is 5.12. The predicted octanol–water partition coefficient (Wildman–Crippen LogP) is 16.5. The number of para-hydroxylation sites is 3. The molecule has 2 aromatic heterocycles. The topological polar surface area (TPSA) is 34.0 Å². The second-order valence-corrected chi connectivity index (χ2v) is 16.6. The molecule has 12 rings (SSSR count). The van der Waals surface area contributed by atoms with Crippen LogP contribution in [0.15, 0.2) is 255 Å². The minimum absolute atomic E-state index is 0.712. The molecule has 0 aliphatic rings. The number of anilines is 3. The first kappa shape index (κ1) is 38.8. The van der Waals surface area contributed by atoms with E-state index in [4.69, 9.17) is 9.97 Å². The summed E-state index contributed by atoms with van der Waals surface area (Å²) in [5, 5.41) is 3.47. The lowest BCUT2D eigenvalue weighted by atomic mass is 10.00. The Bertz CT molecular complexity index is 3660. The first-order valence-corrected chi connectivity index (χ1v) is 22.4. The van der Waals surface area contributed by atoms with Gasteiger partial charge in [0.15, 0.2) is 5.82 Å². The Balaban J connectivity index is 0.905. The van der Waals surface area contributed by atoms with Crippen LogP contribution in [0.4, 0.5) is 17.1 Å². The van der Waals surface area contributed by atoms with E-state index in [-0.39, 0.29) is 0 Å². The molecule has 10 aromatic carbocycles. The van der Waals surface area contributed by atoms with Gasteiger partial charge < -0.3 is 9.47 Å². The third-order valence-corrected chi connectivity index (χ3v) is 12.6. The molecule has 0 unspecified atom stereocenters. The van der Waals surface area contributed by atoms with Crippen LogP contribution in [0.5, 0.6) is 0 Å². The minimum Gasteiger partial charge on any atom is -0.310 e. The highest BCUT2D eigenvalue weighted by atomic mass is 15.1. The predicted molar refractivity (Wildman–Crippen MR) is 276 cm³/mol. The van der Waals surface area contributed by atoms with Crippen LogP contribution in [-0.2, 0) is 0 Å². The summed E-state index contributed by atoms with van der Waals surface area (Å²) in [6.07, 6.45) is 0. The van der Waals surface area contributed by atoms with Crippen molar-refractivity contribution in [3.8, 4) is 61.7 Å². The molecule has 0 bridgehead atoms. The van der Waals surface area contributed by atoms with E-state index in [1.807, 2.05) is 18.2 Å². The summed E-state index contributed by atoms with van der Waals surface area (Å²) in [6.45, 7) is 0. The van der Waals surface area contributed by atoms with Crippen molar-refractivity contribution in [3.05, 3.63) is 255 Å². The van der Waals surface area contributed by atoms with Gasteiger partial charge >= 0.3 is 0 Å². The SMILES string of the molecule is c1ccc(-c2ccc(-c3ccc(N(c4ccccc4)c4cccc(-n5c6ccccc6c6ccc(-c7ccc(-c8nc(-c9ccccc9)c9ccccc9n8)cc7)cc65)c4)cc3)cc2)cc1. The van der Waals surface area contributed by atoms with Crippen LogP contribution in [0.3, 0.4) is 0 Å². The fourth-order valence-electron chi connectivity index (χ4n) is 9.35. The quantitative estimate of drug-likeness (QED) is 0.145. The Hall–Kier alpha value is -8.86. The Kier molecular flexibility index (Phi) is 9.81. The molecule has 0 radical (unpaired) electrons. The number of benzene rings is 10. The Labute approximate surface area is 384 Å². The van der Waals surface area contributed by atoms with Crippen molar-refractivity contribution < 1.29 is 0 Å². The molecule has 0 aliphatic heterocycles. The van der Waals surface area contributed by atoms with Crippen LogP contribution >= 0.6 is 0 Å². The maximum Gasteiger partial charge on any atom is 0.160 e. The third-order valence-electron chi connectivity index (χ3n) is 12.6. The summed E-state index contributed by atoms with van der Waals surface area (Å²) in [7, 11) is 0. The van der Waals surface area contributed by atoms with Gasteiger partial charge in [-0.1, -0.05) is 194 Å².